The highest BCUT2D eigenvalue weighted by molar-refractivity contribution is 9.10. The van der Waals surface area contributed by atoms with E-state index < -0.39 is 42.9 Å². The lowest BCUT2D eigenvalue weighted by atomic mass is 10.1. The largest absolute Gasteiger partial charge is 0.433 e. The number of benzene rings is 2. The van der Waals surface area contributed by atoms with Crippen molar-refractivity contribution in [3.05, 3.63) is 86.8 Å². The van der Waals surface area contributed by atoms with Crippen molar-refractivity contribution < 1.29 is 33.0 Å². The molecule has 0 bridgehead atoms. The molecule has 0 saturated carbocycles. The van der Waals surface area contributed by atoms with Gasteiger partial charge in [0.05, 0.1) is 54.0 Å². The molecule has 0 unspecified atom stereocenters. The second-order valence-electron chi connectivity index (χ2n) is 9.10. The first-order valence-electron chi connectivity index (χ1n) is 12.1. The van der Waals surface area contributed by atoms with Gasteiger partial charge in [0.1, 0.15) is 5.69 Å². The number of rotatable bonds is 8. The number of anilines is 1. The summed E-state index contributed by atoms with van der Waals surface area (Å²) in [6, 6.07) is 11.1. The Hall–Kier alpha value is -3.81. The van der Waals surface area contributed by atoms with Gasteiger partial charge in [0.15, 0.2) is 0 Å². The molecular weight excluding hydrogens is 595 g/mol. The summed E-state index contributed by atoms with van der Waals surface area (Å²) in [6.45, 7) is 2.91. The number of nitrogens with one attached hydrogen (secondary N) is 2. The fourth-order valence-electron chi connectivity index (χ4n) is 4.10. The molecule has 2 aromatic carbocycles. The number of carbonyl (C=O) groups is 2. The second kappa shape index (κ2) is 11.7. The molecule has 0 radical (unpaired) electrons. The lowest BCUT2D eigenvalue weighted by Crippen LogP contribution is -2.40. The Balaban J connectivity index is 1.57. The van der Waals surface area contributed by atoms with Gasteiger partial charge in [-0.2, -0.15) is 18.3 Å². The van der Waals surface area contributed by atoms with Crippen LogP contribution in [0.1, 0.15) is 43.4 Å². The van der Waals surface area contributed by atoms with Crippen molar-refractivity contribution in [3.8, 4) is 0 Å². The van der Waals surface area contributed by atoms with E-state index in [1.54, 1.807) is 48.9 Å². The summed E-state index contributed by atoms with van der Waals surface area (Å²) in [5.41, 5.74) is 1.24. The number of hydrogen-bond acceptors (Lipinski definition) is 6. The van der Waals surface area contributed by atoms with E-state index in [0.29, 0.717) is 33.7 Å². The van der Waals surface area contributed by atoms with Crippen molar-refractivity contribution in [1.29, 1.82) is 0 Å². The molecule has 0 spiro atoms. The molecule has 2 aromatic heterocycles. The number of amides is 2. The molecule has 0 aliphatic heterocycles. The fourth-order valence-corrected chi connectivity index (χ4v) is 4.46. The summed E-state index contributed by atoms with van der Waals surface area (Å²) in [5, 5.41) is 28.2. The Labute approximate surface area is 235 Å². The molecule has 0 aliphatic rings. The van der Waals surface area contributed by atoms with Crippen LogP contribution < -0.4 is 10.6 Å². The average molecular weight is 620 g/mol. The van der Waals surface area contributed by atoms with Crippen LogP contribution in [0.4, 0.5) is 18.9 Å². The van der Waals surface area contributed by atoms with Crippen molar-refractivity contribution in [2.24, 2.45) is 0 Å². The summed E-state index contributed by atoms with van der Waals surface area (Å²) < 4.78 is 42.7. The number of nitrogens with zero attached hydrogens (tertiary/aromatic N) is 3. The molecule has 0 saturated heterocycles. The van der Waals surface area contributed by atoms with Crippen molar-refractivity contribution in [1.82, 2.24) is 20.1 Å². The monoisotopic (exact) mass is 619 g/mol. The molecule has 0 aliphatic carbocycles. The molecule has 2 heterocycles. The second-order valence-corrected chi connectivity index (χ2v) is 10.0. The van der Waals surface area contributed by atoms with Gasteiger partial charge >= 0.3 is 6.18 Å². The smallest absolute Gasteiger partial charge is 0.394 e. The summed E-state index contributed by atoms with van der Waals surface area (Å²) in [7, 11) is 0. The molecule has 0 fully saturated rings. The van der Waals surface area contributed by atoms with Gasteiger partial charge in [0.25, 0.3) is 11.8 Å². The number of aryl methyl sites for hydroxylation is 1. The van der Waals surface area contributed by atoms with Crippen LogP contribution in [0.2, 0.25) is 0 Å². The van der Waals surface area contributed by atoms with Crippen LogP contribution in [0.3, 0.4) is 0 Å². The number of fused-ring (bicyclic) bond motifs is 1. The lowest BCUT2D eigenvalue weighted by Gasteiger charge is -2.13. The van der Waals surface area contributed by atoms with Crippen molar-refractivity contribution in [2.75, 3.05) is 18.5 Å². The lowest BCUT2D eigenvalue weighted by molar-refractivity contribution is -0.141. The number of aromatic nitrogens is 3. The maximum Gasteiger partial charge on any atom is 0.433 e. The number of aliphatic hydroxyl groups excluding tert-OH is 2. The number of alkyl halides is 3. The van der Waals surface area contributed by atoms with Gasteiger partial charge in [-0.15, -0.1) is 0 Å². The number of hydrogen-bond donors (Lipinski definition) is 4. The van der Waals surface area contributed by atoms with E-state index in [-0.39, 0.29) is 16.5 Å². The van der Waals surface area contributed by atoms with Crippen LogP contribution in [-0.4, -0.2) is 56.0 Å². The Bertz CT molecular complexity index is 1570. The highest BCUT2D eigenvalue weighted by atomic mass is 79.9. The third-order valence-electron chi connectivity index (χ3n) is 6.25. The van der Waals surface area contributed by atoms with Crippen LogP contribution in [0.5, 0.6) is 0 Å². The minimum atomic E-state index is -4.73. The summed E-state index contributed by atoms with van der Waals surface area (Å²) in [5.74, 6) is -1.18. The van der Waals surface area contributed by atoms with Gasteiger partial charge < -0.3 is 20.8 Å². The van der Waals surface area contributed by atoms with E-state index in [1.807, 2.05) is 0 Å². The van der Waals surface area contributed by atoms with Crippen LogP contribution in [0.25, 0.3) is 10.9 Å². The topological polar surface area (TPSA) is 129 Å². The summed E-state index contributed by atoms with van der Waals surface area (Å²) in [6.07, 6.45) is -4.73. The van der Waals surface area contributed by atoms with Gasteiger partial charge in [-0.05, 0) is 55.8 Å². The number of halogens is 4. The molecule has 0 atom stereocenters. The van der Waals surface area contributed by atoms with Gasteiger partial charge in [-0.25, -0.2) is 4.98 Å². The Morgan fingerprint density at radius 3 is 2.33 bits per heavy atom. The van der Waals surface area contributed by atoms with Gasteiger partial charge in [0, 0.05) is 15.4 Å². The SMILES string of the molecule is Cc1nn(Cc2ccc(C(=O)NC(CO)CO)cc2)c(C)c1NC(=O)c1cc(C(F)(F)F)nc2ccc(Br)cc12. The van der Waals surface area contributed by atoms with E-state index in [9.17, 15) is 22.8 Å². The third kappa shape index (κ3) is 6.32. The van der Waals surface area contributed by atoms with E-state index in [1.165, 1.54) is 12.1 Å². The van der Waals surface area contributed by atoms with Crippen LogP contribution in [-0.2, 0) is 12.7 Å². The van der Waals surface area contributed by atoms with Crippen LogP contribution >= 0.6 is 15.9 Å². The maximum atomic E-state index is 13.5. The molecule has 4 aromatic rings. The minimum Gasteiger partial charge on any atom is -0.394 e. The maximum absolute atomic E-state index is 13.5. The summed E-state index contributed by atoms with van der Waals surface area (Å²) in [4.78, 5) is 29.2. The van der Waals surface area contributed by atoms with Crippen LogP contribution in [0.15, 0.2) is 53.0 Å². The molecule has 40 heavy (non-hydrogen) atoms. The Morgan fingerprint density at radius 1 is 1.02 bits per heavy atom. The van der Waals surface area contributed by atoms with Crippen molar-refractivity contribution in [2.45, 2.75) is 32.6 Å². The standard InChI is InChI=1S/C27H25BrF3N5O4/c1-14-24(34-26(40)21-10-23(27(29,30)31)33-22-8-7-18(28)9-20(21)22)15(2)36(35-14)11-16-3-5-17(6-4-16)25(39)32-19(12-37)13-38/h3-10,19,37-38H,11-13H2,1-2H3,(H,32,39)(H,34,40). The fraction of sp³-hybridized carbons (Fsp3) is 0.259. The van der Waals surface area contributed by atoms with Gasteiger partial charge in [0.2, 0.25) is 0 Å². The first-order valence-corrected chi connectivity index (χ1v) is 12.8. The van der Waals surface area contributed by atoms with Crippen molar-refractivity contribution >= 4 is 44.3 Å². The van der Waals surface area contributed by atoms with E-state index in [2.05, 4.69) is 36.6 Å². The Morgan fingerprint density at radius 2 is 1.70 bits per heavy atom. The van der Waals surface area contributed by atoms with Gasteiger partial charge in [-0.3, -0.25) is 14.3 Å². The minimum absolute atomic E-state index is 0.0349. The number of carbonyl (C=O) groups excluding carboxylic acids is 2. The molecule has 4 rings (SSSR count). The molecule has 210 valence electrons. The highest BCUT2D eigenvalue weighted by Crippen LogP contribution is 2.32. The molecular formula is C27H25BrF3N5O4. The van der Waals surface area contributed by atoms with E-state index >= 15 is 0 Å². The van der Waals surface area contributed by atoms with Gasteiger partial charge in [-0.1, -0.05) is 28.1 Å². The highest BCUT2D eigenvalue weighted by Gasteiger charge is 2.34. The predicted octanol–water partition coefficient (Wildman–Crippen LogP) is 4.21. The average Bonchev–Trinajstić information content (AvgIpc) is 3.17. The Kier molecular flexibility index (Phi) is 8.57. The normalized spacial score (nSPS) is 11.7. The van der Waals surface area contributed by atoms with Crippen LogP contribution in [0, 0.1) is 13.8 Å². The zero-order chi connectivity index (χ0) is 29.2. The zero-order valence-corrected chi connectivity index (χ0v) is 23.0. The number of aliphatic hydroxyl groups is 2. The number of pyridine rings is 1. The van der Waals surface area contributed by atoms with E-state index in [4.69, 9.17) is 10.2 Å². The summed E-state index contributed by atoms with van der Waals surface area (Å²) >= 11 is 3.29. The third-order valence-corrected chi connectivity index (χ3v) is 6.74. The zero-order valence-electron chi connectivity index (χ0n) is 21.4. The molecule has 4 N–H and O–H groups in total. The predicted molar refractivity (Wildman–Crippen MR) is 145 cm³/mol. The first-order chi connectivity index (χ1) is 18.9. The molecule has 13 heteroatoms. The first kappa shape index (κ1) is 29.2. The van der Waals surface area contributed by atoms with E-state index in [0.717, 1.165) is 11.6 Å². The van der Waals surface area contributed by atoms with Crippen molar-refractivity contribution in [3.63, 3.8) is 0 Å². The quantitative estimate of drug-likeness (QED) is 0.234. The molecule has 9 nitrogen and oxygen atoms in total. The molecule has 2 amide bonds.